The molecule has 3 aromatic heterocycles. The fraction of sp³-hybridized carbons (Fsp3) is 0.526. The number of thiophene rings is 1. The molecule has 6 nitrogen and oxygen atoms in total. The highest BCUT2D eigenvalue weighted by atomic mass is 32.1. The second-order valence-electron chi connectivity index (χ2n) is 6.65. The molecule has 0 aliphatic carbocycles. The minimum Gasteiger partial charge on any atom is -0.361 e. The van der Waals surface area contributed by atoms with Crippen molar-refractivity contribution in [2.24, 2.45) is 0 Å². The van der Waals surface area contributed by atoms with Crippen LogP contribution in [0.1, 0.15) is 47.1 Å². The zero-order valence-corrected chi connectivity index (χ0v) is 17.2. The summed E-state index contributed by atoms with van der Waals surface area (Å²) in [5.41, 5.74) is 2.84. The Hall–Kier alpha value is -1.99. The van der Waals surface area contributed by atoms with E-state index in [9.17, 15) is 4.79 Å². The normalized spacial score (nSPS) is 11.8. The Morgan fingerprint density at radius 2 is 1.85 bits per heavy atom. The van der Waals surface area contributed by atoms with Gasteiger partial charge < -0.3 is 4.52 Å². The predicted molar refractivity (Wildman–Crippen MR) is 105 cm³/mol. The number of aryl methyl sites for hydroxylation is 4. The Morgan fingerprint density at radius 3 is 2.42 bits per heavy atom. The van der Waals surface area contributed by atoms with Gasteiger partial charge in [0, 0.05) is 10.4 Å². The van der Waals surface area contributed by atoms with Gasteiger partial charge in [0.2, 0.25) is 0 Å². The maximum absolute atomic E-state index is 13.4. The van der Waals surface area contributed by atoms with E-state index in [2.05, 4.69) is 23.9 Å². The van der Waals surface area contributed by atoms with E-state index in [4.69, 9.17) is 9.51 Å². The van der Waals surface area contributed by atoms with E-state index >= 15 is 0 Å². The molecule has 0 atom stereocenters. The number of aromatic nitrogens is 3. The van der Waals surface area contributed by atoms with Crippen molar-refractivity contribution in [1.29, 1.82) is 0 Å². The molecule has 0 saturated carbocycles. The van der Waals surface area contributed by atoms with Crippen LogP contribution in [0, 0.1) is 27.7 Å². The van der Waals surface area contributed by atoms with Gasteiger partial charge in [-0.3, -0.25) is 14.3 Å². The highest BCUT2D eigenvalue weighted by molar-refractivity contribution is 7.18. The van der Waals surface area contributed by atoms with Crippen molar-refractivity contribution in [2.75, 3.05) is 13.1 Å². The van der Waals surface area contributed by atoms with Gasteiger partial charge in [-0.15, -0.1) is 11.3 Å². The molecule has 0 saturated heterocycles. The molecule has 0 unspecified atom stereocenters. The molecule has 3 aromatic rings. The topological polar surface area (TPSA) is 64.2 Å². The van der Waals surface area contributed by atoms with Gasteiger partial charge in [0.25, 0.3) is 5.56 Å². The van der Waals surface area contributed by atoms with Gasteiger partial charge in [-0.1, -0.05) is 19.0 Å². The van der Waals surface area contributed by atoms with Crippen molar-refractivity contribution in [3.05, 3.63) is 43.6 Å². The zero-order valence-electron chi connectivity index (χ0n) is 16.3. The highest BCUT2D eigenvalue weighted by Gasteiger charge is 2.20. The van der Waals surface area contributed by atoms with Crippen LogP contribution in [0.2, 0.25) is 0 Å². The molecular formula is C19H26N4O2S. The molecule has 0 bridgehead atoms. The standard InChI is InChI=1S/C19H26N4O2S/c1-7-22(8-2)10-16-20-18-17(11(3)14(6)26-18)19(24)23(16)9-15-12(4)21-25-13(15)5/h7-10H2,1-6H3. The number of hydrogen-bond donors (Lipinski definition) is 0. The van der Waals surface area contributed by atoms with E-state index in [-0.39, 0.29) is 5.56 Å². The molecule has 0 aromatic carbocycles. The summed E-state index contributed by atoms with van der Waals surface area (Å²) in [6, 6.07) is 0. The third-order valence-corrected chi connectivity index (χ3v) is 6.23. The molecule has 0 N–H and O–H groups in total. The fourth-order valence-electron chi connectivity index (χ4n) is 3.19. The van der Waals surface area contributed by atoms with Gasteiger partial charge in [-0.25, -0.2) is 4.98 Å². The lowest BCUT2D eigenvalue weighted by atomic mass is 10.2. The highest BCUT2D eigenvalue weighted by Crippen LogP contribution is 2.27. The van der Waals surface area contributed by atoms with Crippen LogP contribution < -0.4 is 5.56 Å². The average molecular weight is 375 g/mol. The summed E-state index contributed by atoms with van der Waals surface area (Å²) in [5.74, 6) is 1.55. The molecule has 0 fully saturated rings. The van der Waals surface area contributed by atoms with Crippen LogP contribution in [0.3, 0.4) is 0 Å². The van der Waals surface area contributed by atoms with Crippen LogP contribution in [0.15, 0.2) is 9.32 Å². The fourth-order valence-corrected chi connectivity index (χ4v) is 4.22. The Morgan fingerprint density at radius 1 is 1.15 bits per heavy atom. The molecule has 26 heavy (non-hydrogen) atoms. The summed E-state index contributed by atoms with van der Waals surface area (Å²) in [4.78, 5) is 22.5. The summed E-state index contributed by atoms with van der Waals surface area (Å²) in [5, 5.41) is 4.77. The largest absolute Gasteiger partial charge is 0.361 e. The smallest absolute Gasteiger partial charge is 0.262 e. The molecule has 0 radical (unpaired) electrons. The van der Waals surface area contributed by atoms with Crippen LogP contribution in [0.5, 0.6) is 0 Å². The number of rotatable bonds is 6. The monoisotopic (exact) mass is 374 g/mol. The molecule has 0 aliphatic rings. The first-order valence-electron chi connectivity index (χ1n) is 9.00. The quantitative estimate of drug-likeness (QED) is 0.660. The summed E-state index contributed by atoms with van der Waals surface area (Å²) in [6.45, 7) is 15.0. The summed E-state index contributed by atoms with van der Waals surface area (Å²) >= 11 is 1.60. The maximum Gasteiger partial charge on any atom is 0.262 e. The Kier molecular flexibility index (Phi) is 5.29. The molecule has 0 amide bonds. The Balaban J connectivity index is 2.21. The molecule has 3 heterocycles. The van der Waals surface area contributed by atoms with Crippen molar-refractivity contribution >= 4 is 21.6 Å². The van der Waals surface area contributed by atoms with Gasteiger partial charge in [-0.05, 0) is 46.3 Å². The van der Waals surface area contributed by atoms with Crippen LogP contribution in [-0.2, 0) is 13.1 Å². The molecule has 7 heteroatoms. The molecule has 0 aliphatic heterocycles. The number of nitrogens with zero attached hydrogens (tertiary/aromatic N) is 4. The Labute approximate surface area is 157 Å². The minimum absolute atomic E-state index is 0.0269. The van der Waals surface area contributed by atoms with Crippen molar-refractivity contribution in [1.82, 2.24) is 19.6 Å². The summed E-state index contributed by atoms with van der Waals surface area (Å²) in [6.07, 6.45) is 0. The third kappa shape index (κ3) is 3.21. The SMILES string of the molecule is CCN(CC)Cc1nc2sc(C)c(C)c2c(=O)n1Cc1c(C)noc1C. The van der Waals surface area contributed by atoms with Crippen molar-refractivity contribution < 1.29 is 4.52 Å². The van der Waals surface area contributed by atoms with Crippen molar-refractivity contribution in [3.63, 3.8) is 0 Å². The van der Waals surface area contributed by atoms with Gasteiger partial charge in [0.15, 0.2) is 0 Å². The first-order valence-corrected chi connectivity index (χ1v) is 9.82. The summed E-state index contributed by atoms with van der Waals surface area (Å²) < 4.78 is 7.09. The van der Waals surface area contributed by atoms with Crippen molar-refractivity contribution in [3.8, 4) is 0 Å². The number of hydrogen-bond acceptors (Lipinski definition) is 6. The lowest BCUT2D eigenvalue weighted by molar-refractivity contribution is 0.282. The predicted octanol–water partition coefficient (Wildman–Crippen LogP) is 3.57. The van der Waals surface area contributed by atoms with E-state index in [0.29, 0.717) is 13.1 Å². The van der Waals surface area contributed by atoms with Gasteiger partial charge >= 0.3 is 0 Å². The number of fused-ring (bicyclic) bond motifs is 1. The zero-order chi connectivity index (χ0) is 19.0. The minimum atomic E-state index is 0.0269. The molecular weight excluding hydrogens is 348 g/mol. The lowest BCUT2D eigenvalue weighted by Gasteiger charge is -2.20. The van der Waals surface area contributed by atoms with Crippen LogP contribution >= 0.6 is 11.3 Å². The first-order chi connectivity index (χ1) is 12.4. The van der Waals surface area contributed by atoms with E-state index in [1.54, 1.807) is 15.9 Å². The van der Waals surface area contributed by atoms with Crippen LogP contribution in [-0.4, -0.2) is 32.7 Å². The molecule has 3 rings (SSSR count). The van der Waals surface area contributed by atoms with Crippen molar-refractivity contribution in [2.45, 2.75) is 54.6 Å². The summed E-state index contributed by atoms with van der Waals surface area (Å²) in [7, 11) is 0. The van der Waals surface area contributed by atoms with E-state index in [1.165, 1.54) is 0 Å². The van der Waals surface area contributed by atoms with E-state index in [1.807, 2.05) is 27.7 Å². The third-order valence-electron chi connectivity index (χ3n) is 5.12. The second-order valence-corrected chi connectivity index (χ2v) is 7.85. The van der Waals surface area contributed by atoms with E-state index in [0.717, 1.165) is 56.6 Å². The molecule has 0 spiro atoms. The average Bonchev–Trinajstić information content (AvgIpc) is 3.08. The van der Waals surface area contributed by atoms with Gasteiger partial charge in [-0.2, -0.15) is 0 Å². The molecule has 140 valence electrons. The Bertz CT molecular complexity index is 976. The second kappa shape index (κ2) is 7.32. The van der Waals surface area contributed by atoms with E-state index < -0.39 is 0 Å². The first kappa shape index (κ1) is 18.8. The van der Waals surface area contributed by atoms with Crippen LogP contribution in [0.4, 0.5) is 0 Å². The van der Waals surface area contributed by atoms with Crippen LogP contribution in [0.25, 0.3) is 10.2 Å². The van der Waals surface area contributed by atoms with Gasteiger partial charge in [0.05, 0.1) is 24.2 Å². The maximum atomic E-state index is 13.4. The van der Waals surface area contributed by atoms with Gasteiger partial charge in [0.1, 0.15) is 16.4 Å². The lowest BCUT2D eigenvalue weighted by Crippen LogP contribution is -2.31.